The normalized spacial score (nSPS) is 8.00. The maximum absolute atomic E-state index is 10.5. The zero-order chi connectivity index (χ0) is 9.14. The van der Waals surface area contributed by atoms with Crippen LogP contribution in [0.2, 0.25) is 0 Å². The van der Waals surface area contributed by atoms with Crippen LogP contribution >= 0.6 is 0 Å². The second-order valence-corrected chi connectivity index (χ2v) is 2.16. The summed E-state index contributed by atoms with van der Waals surface area (Å²) in [5, 5.41) is 17.1. The number of carboxylic acid groups (broad SMARTS) is 2. The van der Waals surface area contributed by atoms with E-state index in [9.17, 15) is 9.59 Å². The molecule has 0 aliphatic rings. The number of aromatic carboxylic acids is 2. The van der Waals surface area contributed by atoms with Crippen molar-refractivity contribution in [2.45, 2.75) is 0 Å². The van der Waals surface area contributed by atoms with E-state index in [1.165, 1.54) is 24.3 Å². The van der Waals surface area contributed by atoms with Gasteiger partial charge < -0.3 is 10.2 Å². The van der Waals surface area contributed by atoms with Crippen molar-refractivity contribution in [2.75, 3.05) is 0 Å². The van der Waals surface area contributed by atoms with E-state index in [-0.39, 0.29) is 45.3 Å². The molecular formula is C8H10O4Se2. The first-order valence-electron chi connectivity index (χ1n) is 3.18. The molecule has 1 aromatic carbocycles. The summed E-state index contributed by atoms with van der Waals surface area (Å²) in [5.74, 6) is -2.46. The first kappa shape index (κ1) is 15.7. The molecule has 0 heterocycles. The van der Waals surface area contributed by atoms with Gasteiger partial charge in [-0.25, -0.2) is 9.59 Å². The summed E-state index contributed by atoms with van der Waals surface area (Å²) in [6.45, 7) is 0. The second-order valence-electron chi connectivity index (χ2n) is 2.16. The Labute approximate surface area is 101 Å². The van der Waals surface area contributed by atoms with Crippen molar-refractivity contribution in [1.82, 2.24) is 0 Å². The van der Waals surface area contributed by atoms with Gasteiger partial charge >= 0.3 is 46.1 Å². The van der Waals surface area contributed by atoms with Gasteiger partial charge in [0.05, 0.1) is 11.1 Å². The summed E-state index contributed by atoms with van der Waals surface area (Å²) in [5.41, 5.74) is -0.380. The molecule has 14 heavy (non-hydrogen) atoms. The van der Waals surface area contributed by atoms with Gasteiger partial charge in [-0.2, -0.15) is 0 Å². The summed E-state index contributed by atoms with van der Waals surface area (Å²) in [6, 6.07) is 5.48. The monoisotopic (exact) mass is 330 g/mol. The van der Waals surface area contributed by atoms with Crippen LogP contribution in [0.5, 0.6) is 0 Å². The van der Waals surface area contributed by atoms with E-state index in [1.807, 2.05) is 0 Å². The van der Waals surface area contributed by atoms with Crippen molar-refractivity contribution in [3.63, 3.8) is 0 Å². The number of rotatable bonds is 2. The van der Waals surface area contributed by atoms with Crippen molar-refractivity contribution < 1.29 is 19.8 Å². The van der Waals surface area contributed by atoms with Crippen LogP contribution in [0, 0.1) is 0 Å². The van der Waals surface area contributed by atoms with E-state index in [1.54, 1.807) is 0 Å². The minimum absolute atomic E-state index is 0. The molecule has 6 heteroatoms. The number of benzene rings is 1. The van der Waals surface area contributed by atoms with E-state index in [0.717, 1.165) is 0 Å². The van der Waals surface area contributed by atoms with Crippen molar-refractivity contribution in [1.29, 1.82) is 0 Å². The molecule has 0 unspecified atom stereocenters. The standard InChI is InChI=1S/C8H6O4.2H2Se/c9-7(10)5-3-1-2-4-6(5)8(11)12;;/h1-4H,(H,9,10)(H,11,12);2*1H2. The quantitative estimate of drug-likeness (QED) is 0.701. The molecule has 2 N–H and O–H groups in total. The summed E-state index contributed by atoms with van der Waals surface area (Å²) in [7, 11) is 0. The number of hydrogen-bond acceptors (Lipinski definition) is 2. The van der Waals surface area contributed by atoms with Gasteiger partial charge in [-0.1, -0.05) is 12.1 Å². The molecule has 0 bridgehead atoms. The fourth-order valence-corrected chi connectivity index (χ4v) is 0.856. The predicted octanol–water partition coefficient (Wildman–Crippen LogP) is -0.749. The van der Waals surface area contributed by atoms with Gasteiger partial charge in [0.1, 0.15) is 0 Å². The summed E-state index contributed by atoms with van der Waals surface area (Å²) < 4.78 is 0. The van der Waals surface area contributed by atoms with Crippen LogP contribution in [0.15, 0.2) is 24.3 Å². The molecule has 0 aromatic heterocycles. The zero-order valence-corrected chi connectivity index (χ0v) is 11.2. The van der Waals surface area contributed by atoms with Gasteiger partial charge in [-0.3, -0.25) is 0 Å². The third-order valence-corrected chi connectivity index (χ3v) is 1.39. The predicted molar refractivity (Wildman–Crippen MR) is 57.4 cm³/mol. The van der Waals surface area contributed by atoms with Crippen LogP contribution < -0.4 is 0 Å². The zero-order valence-electron chi connectivity index (χ0n) is 7.02. The molecule has 1 rings (SSSR count). The third kappa shape index (κ3) is 3.52. The van der Waals surface area contributed by atoms with E-state index < -0.39 is 11.9 Å². The molecule has 0 fully saturated rings. The average Bonchev–Trinajstić information content (AvgIpc) is 2.04. The van der Waals surface area contributed by atoms with Gasteiger partial charge in [-0.05, 0) is 12.1 Å². The van der Waals surface area contributed by atoms with Crippen LogP contribution in [0.1, 0.15) is 20.7 Å². The number of carboxylic acids is 2. The fraction of sp³-hybridized carbons (Fsp3) is 0. The van der Waals surface area contributed by atoms with E-state index in [0.29, 0.717) is 0 Å². The molecule has 0 aliphatic heterocycles. The Morgan fingerprint density at radius 2 is 1.14 bits per heavy atom. The molecule has 0 radical (unpaired) electrons. The minimum atomic E-state index is -1.23. The number of hydrogen-bond donors (Lipinski definition) is 2. The molecule has 0 saturated carbocycles. The first-order chi connectivity index (χ1) is 5.63. The van der Waals surface area contributed by atoms with Gasteiger partial charge in [0.2, 0.25) is 0 Å². The van der Waals surface area contributed by atoms with Gasteiger partial charge in [0.25, 0.3) is 0 Å². The summed E-state index contributed by atoms with van der Waals surface area (Å²) >= 11 is 0. The van der Waals surface area contributed by atoms with Crippen LogP contribution in [-0.4, -0.2) is 56.3 Å². The van der Waals surface area contributed by atoms with Gasteiger partial charge in [0.15, 0.2) is 0 Å². The van der Waals surface area contributed by atoms with Crippen LogP contribution in [-0.2, 0) is 0 Å². The molecule has 78 valence electrons. The molecule has 0 aliphatic carbocycles. The molecule has 0 amide bonds. The van der Waals surface area contributed by atoms with Gasteiger partial charge in [-0.15, -0.1) is 0 Å². The molecule has 1 aromatic rings. The van der Waals surface area contributed by atoms with Crippen molar-refractivity contribution in [2.24, 2.45) is 0 Å². The third-order valence-electron chi connectivity index (χ3n) is 1.39. The summed E-state index contributed by atoms with van der Waals surface area (Å²) in [6.07, 6.45) is 0. The SMILES string of the molecule is O=C(O)c1ccccc1C(=O)O.[SeH2].[SeH2]. The topological polar surface area (TPSA) is 74.6 Å². The maximum atomic E-state index is 10.5. The summed E-state index contributed by atoms with van der Waals surface area (Å²) in [4.78, 5) is 20.9. The first-order valence-corrected chi connectivity index (χ1v) is 3.18. The van der Waals surface area contributed by atoms with E-state index >= 15 is 0 Å². The Morgan fingerprint density at radius 3 is 1.36 bits per heavy atom. The Kier molecular flexibility index (Phi) is 7.41. The van der Waals surface area contributed by atoms with Crippen molar-refractivity contribution in [3.05, 3.63) is 35.4 Å². The van der Waals surface area contributed by atoms with Crippen LogP contribution in [0.4, 0.5) is 0 Å². The van der Waals surface area contributed by atoms with Crippen molar-refractivity contribution >= 4 is 46.1 Å². The number of carbonyl (C=O) groups is 2. The Bertz CT molecular complexity index is 305. The van der Waals surface area contributed by atoms with Crippen LogP contribution in [0.25, 0.3) is 0 Å². The Balaban J connectivity index is 0. The van der Waals surface area contributed by atoms with E-state index in [2.05, 4.69) is 0 Å². The Morgan fingerprint density at radius 1 is 0.857 bits per heavy atom. The molecule has 0 spiro atoms. The van der Waals surface area contributed by atoms with Gasteiger partial charge in [0, 0.05) is 0 Å². The van der Waals surface area contributed by atoms with Crippen LogP contribution in [0.3, 0.4) is 0 Å². The molecule has 0 saturated heterocycles. The average molecular weight is 328 g/mol. The van der Waals surface area contributed by atoms with Crippen molar-refractivity contribution in [3.8, 4) is 0 Å². The molecule has 0 atom stereocenters. The molecule has 4 nitrogen and oxygen atoms in total. The molecular weight excluding hydrogens is 318 g/mol. The Hall–Kier alpha value is -0.801. The second kappa shape index (κ2) is 6.62. The fourth-order valence-electron chi connectivity index (χ4n) is 0.856. The van der Waals surface area contributed by atoms with E-state index in [4.69, 9.17) is 10.2 Å².